The number of hydrazine groups is 1. The zero-order chi connectivity index (χ0) is 24.4. The third kappa shape index (κ3) is 12.8. The van der Waals surface area contributed by atoms with Gasteiger partial charge in [0.25, 0.3) is 0 Å². The number of aryl methyl sites for hydroxylation is 1. The highest BCUT2D eigenvalue weighted by atomic mass is 15.6. The summed E-state index contributed by atoms with van der Waals surface area (Å²) in [5, 5.41) is 5.82. The van der Waals surface area contributed by atoms with Crippen molar-refractivity contribution in [3.63, 3.8) is 0 Å². The minimum atomic E-state index is 0.275. The van der Waals surface area contributed by atoms with E-state index in [2.05, 4.69) is 96.9 Å². The van der Waals surface area contributed by atoms with Gasteiger partial charge in [-0.3, -0.25) is 0 Å². The van der Waals surface area contributed by atoms with Gasteiger partial charge in [0.1, 0.15) is 0 Å². The van der Waals surface area contributed by atoms with E-state index in [4.69, 9.17) is 5.84 Å². The summed E-state index contributed by atoms with van der Waals surface area (Å²) in [7, 11) is 1.74. The van der Waals surface area contributed by atoms with Gasteiger partial charge in [0.2, 0.25) is 0 Å². The Morgan fingerprint density at radius 2 is 1.74 bits per heavy atom. The van der Waals surface area contributed by atoms with E-state index in [9.17, 15) is 0 Å². The molecule has 1 aromatic rings. The Morgan fingerprint density at radius 3 is 2.10 bits per heavy atom. The van der Waals surface area contributed by atoms with E-state index in [1.165, 1.54) is 29.9 Å². The average molecular weight is 426 g/mol. The SMILES string of the molecule is C=C.C=C.C=C/C=C(\C(=N/N(C)N)C(C)C)c1cccc(CCC)c1.CC1(C)CCC1. The quantitative estimate of drug-likeness (QED) is 0.159. The molecule has 0 radical (unpaired) electrons. The first-order valence-electron chi connectivity index (χ1n) is 11.2. The van der Waals surface area contributed by atoms with E-state index in [-0.39, 0.29) is 5.92 Å². The van der Waals surface area contributed by atoms with Crippen LogP contribution in [0, 0.1) is 11.3 Å². The fourth-order valence-electron chi connectivity index (χ4n) is 3.16. The van der Waals surface area contributed by atoms with Gasteiger partial charge in [0.15, 0.2) is 0 Å². The summed E-state index contributed by atoms with van der Waals surface area (Å²) in [6.45, 7) is 26.9. The van der Waals surface area contributed by atoms with Gasteiger partial charge in [-0.05, 0) is 41.7 Å². The monoisotopic (exact) mass is 425 g/mol. The molecule has 0 unspecified atom stereocenters. The van der Waals surface area contributed by atoms with Crippen LogP contribution in [0.15, 0.2) is 74.4 Å². The molecule has 1 aliphatic rings. The van der Waals surface area contributed by atoms with Gasteiger partial charge in [-0.25, -0.2) is 11.0 Å². The topological polar surface area (TPSA) is 41.6 Å². The van der Waals surface area contributed by atoms with E-state index in [0.717, 1.165) is 35.1 Å². The van der Waals surface area contributed by atoms with E-state index in [1.807, 2.05) is 6.08 Å². The number of nitrogens with zero attached hydrogens (tertiary/aromatic N) is 2. The summed E-state index contributed by atoms with van der Waals surface area (Å²) in [6, 6.07) is 8.61. The summed E-state index contributed by atoms with van der Waals surface area (Å²) in [5.74, 6) is 5.99. The summed E-state index contributed by atoms with van der Waals surface area (Å²) in [6.07, 6.45) is 10.4. The summed E-state index contributed by atoms with van der Waals surface area (Å²) < 4.78 is 0. The first kappa shape index (κ1) is 30.8. The molecule has 3 heteroatoms. The number of nitrogens with two attached hydrogens (primary N) is 1. The molecule has 2 N–H and O–H groups in total. The Balaban J connectivity index is 0. The van der Waals surface area contributed by atoms with Crippen molar-refractivity contribution in [3.8, 4) is 0 Å². The Morgan fingerprint density at radius 1 is 1.19 bits per heavy atom. The molecule has 0 aliphatic heterocycles. The molecule has 1 aromatic carbocycles. The van der Waals surface area contributed by atoms with Crippen molar-refractivity contribution in [2.45, 2.75) is 66.7 Å². The molecule has 0 saturated heterocycles. The third-order valence-corrected chi connectivity index (χ3v) is 4.86. The molecule has 2 rings (SSSR count). The molecule has 0 heterocycles. The smallest absolute Gasteiger partial charge is 0.0724 e. The molecule has 1 fully saturated rings. The molecule has 1 aliphatic carbocycles. The highest BCUT2D eigenvalue weighted by Gasteiger charge is 2.25. The second-order valence-corrected chi connectivity index (χ2v) is 8.50. The number of hydrazone groups is 1. The molecule has 0 bridgehead atoms. The third-order valence-electron chi connectivity index (χ3n) is 4.86. The van der Waals surface area contributed by atoms with Crippen LogP contribution in [0.3, 0.4) is 0 Å². The minimum Gasteiger partial charge on any atom is -0.235 e. The van der Waals surface area contributed by atoms with Crippen LogP contribution in [0.4, 0.5) is 0 Å². The molecular formula is C28H47N3. The maximum Gasteiger partial charge on any atom is 0.0724 e. The van der Waals surface area contributed by atoms with E-state index in [0.29, 0.717) is 0 Å². The van der Waals surface area contributed by atoms with Crippen LogP contribution >= 0.6 is 0 Å². The molecule has 0 spiro atoms. The normalized spacial score (nSPS) is 14.5. The largest absolute Gasteiger partial charge is 0.235 e. The van der Waals surface area contributed by atoms with E-state index >= 15 is 0 Å². The molecule has 31 heavy (non-hydrogen) atoms. The maximum absolute atomic E-state index is 5.71. The van der Waals surface area contributed by atoms with Crippen molar-refractivity contribution in [1.29, 1.82) is 0 Å². The minimum absolute atomic E-state index is 0.275. The highest BCUT2D eigenvalue weighted by Crippen LogP contribution is 2.38. The number of rotatable bonds is 7. The van der Waals surface area contributed by atoms with Crippen LogP contribution in [-0.4, -0.2) is 17.9 Å². The number of hydrogen-bond donors (Lipinski definition) is 1. The predicted octanol–water partition coefficient (Wildman–Crippen LogP) is 7.83. The van der Waals surface area contributed by atoms with Gasteiger partial charge >= 0.3 is 0 Å². The lowest BCUT2D eigenvalue weighted by molar-refractivity contribution is 0.190. The molecule has 0 aromatic heterocycles. The zero-order valence-electron chi connectivity index (χ0n) is 21.1. The molecule has 3 nitrogen and oxygen atoms in total. The second-order valence-electron chi connectivity index (χ2n) is 8.50. The lowest BCUT2D eigenvalue weighted by atomic mass is 9.72. The van der Waals surface area contributed by atoms with Gasteiger partial charge in [-0.15, -0.1) is 26.3 Å². The summed E-state index contributed by atoms with van der Waals surface area (Å²) >= 11 is 0. The number of allylic oxidation sites excluding steroid dienone is 3. The van der Waals surface area contributed by atoms with Crippen molar-refractivity contribution in [2.75, 3.05) is 7.05 Å². The van der Waals surface area contributed by atoms with Crippen LogP contribution in [0.5, 0.6) is 0 Å². The first-order chi connectivity index (χ1) is 14.7. The van der Waals surface area contributed by atoms with Gasteiger partial charge in [0, 0.05) is 12.6 Å². The highest BCUT2D eigenvalue weighted by molar-refractivity contribution is 6.24. The molecule has 174 valence electrons. The molecule has 0 atom stereocenters. The summed E-state index contributed by atoms with van der Waals surface area (Å²) in [5.41, 5.74) is 5.27. The molecular weight excluding hydrogens is 378 g/mol. The van der Waals surface area contributed by atoms with Gasteiger partial charge < -0.3 is 0 Å². The standard InChI is InChI=1S/C18H27N3.C6H12.2C2H4/c1-6-9-15-11-8-12-16(13-15)17(10-7-2)18(14(3)4)20-21(5)19;1-6(2)4-3-5-6;2*1-2/h7-8,10-14H,2,6,9,19H2,1,3-5H3;3-5H2,1-2H3;2*1-2H2/b17-10-,20-18-;;;. The fourth-order valence-corrected chi connectivity index (χ4v) is 3.16. The number of hydrogen-bond acceptors (Lipinski definition) is 3. The van der Waals surface area contributed by atoms with E-state index < -0.39 is 0 Å². The van der Waals surface area contributed by atoms with Crippen molar-refractivity contribution in [2.24, 2.45) is 22.3 Å². The zero-order valence-corrected chi connectivity index (χ0v) is 21.1. The van der Waals surface area contributed by atoms with Crippen molar-refractivity contribution in [3.05, 3.63) is 80.4 Å². The fraction of sp³-hybridized carbons (Fsp3) is 0.464. The van der Waals surface area contributed by atoms with Crippen LogP contribution in [0.25, 0.3) is 5.57 Å². The number of benzene rings is 1. The Hall–Kier alpha value is -2.39. The van der Waals surface area contributed by atoms with E-state index in [1.54, 1.807) is 13.1 Å². The van der Waals surface area contributed by atoms with Crippen molar-refractivity contribution < 1.29 is 0 Å². The maximum atomic E-state index is 5.71. The average Bonchev–Trinajstić information content (AvgIpc) is 2.73. The first-order valence-corrected chi connectivity index (χ1v) is 11.2. The van der Waals surface area contributed by atoms with Gasteiger partial charge in [-0.1, -0.05) is 90.5 Å². The molecule has 0 amide bonds. The Bertz CT molecular complexity index is 673. The van der Waals surface area contributed by atoms with Gasteiger partial charge in [-0.2, -0.15) is 5.10 Å². The van der Waals surface area contributed by atoms with Crippen molar-refractivity contribution >= 4 is 11.3 Å². The predicted molar refractivity (Wildman–Crippen MR) is 143 cm³/mol. The van der Waals surface area contributed by atoms with Crippen LogP contribution < -0.4 is 5.84 Å². The Kier molecular flexibility index (Phi) is 17.2. The van der Waals surface area contributed by atoms with Crippen LogP contribution in [0.1, 0.15) is 71.4 Å². The second kappa shape index (κ2) is 17.3. The van der Waals surface area contributed by atoms with Crippen LogP contribution in [0.2, 0.25) is 0 Å². The molecule has 1 saturated carbocycles. The summed E-state index contributed by atoms with van der Waals surface area (Å²) in [4.78, 5) is 0. The van der Waals surface area contributed by atoms with Crippen LogP contribution in [-0.2, 0) is 6.42 Å². The lowest BCUT2D eigenvalue weighted by Gasteiger charge is -2.33. The van der Waals surface area contributed by atoms with Gasteiger partial charge in [0.05, 0.1) is 5.71 Å². The Labute approximate surface area is 193 Å². The lowest BCUT2D eigenvalue weighted by Crippen LogP contribution is -2.24. The van der Waals surface area contributed by atoms with Crippen molar-refractivity contribution in [1.82, 2.24) is 5.12 Å².